The Morgan fingerprint density at radius 2 is 2.13 bits per heavy atom. The second kappa shape index (κ2) is 9.42. The molecule has 0 spiro atoms. The van der Waals surface area contributed by atoms with Crippen LogP contribution in [-0.4, -0.2) is 65.1 Å². The van der Waals surface area contributed by atoms with Gasteiger partial charge in [-0.3, -0.25) is 0 Å². The van der Waals surface area contributed by atoms with Gasteiger partial charge in [0.2, 0.25) is 0 Å². The Morgan fingerprint density at radius 3 is 2.74 bits per heavy atom. The van der Waals surface area contributed by atoms with Crippen molar-refractivity contribution in [2.24, 2.45) is 0 Å². The molecule has 2 aromatic rings. The van der Waals surface area contributed by atoms with Gasteiger partial charge in [-0.25, -0.2) is 14.6 Å². The predicted octanol–water partition coefficient (Wildman–Crippen LogP) is 4.48. The van der Waals surface area contributed by atoms with Crippen LogP contribution in [0, 0.1) is 6.92 Å². The maximum absolute atomic E-state index is 12.3. The number of halogens is 1. The number of aromatic carboxylic acids is 1. The normalized spacial score (nSPS) is 16.8. The zero-order valence-electron chi connectivity index (χ0n) is 17.8. The molecule has 0 bridgehead atoms. The van der Waals surface area contributed by atoms with Crippen LogP contribution in [0.2, 0.25) is 5.02 Å². The Kier molecular flexibility index (Phi) is 7.08. The molecule has 1 aliphatic rings. The van der Waals surface area contributed by atoms with Crippen LogP contribution in [0.3, 0.4) is 0 Å². The fourth-order valence-corrected chi connectivity index (χ4v) is 4.10. The van der Waals surface area contributed by atoms with Gasteiger partial charge in [0.15, 0.2) is 0 Å². The lowest BCUT2D eigenvalue weighted by Gasteiger charge is -2.34. The molecule has 1 N–H and O–H groups in total. The summed E-state index contributed by atoms with van der Waals surface area (Å²) in [4.78, 5) is 30.8. The number of carbonyl (C=O) groups excluding carboxylic acids is 1. The van der Waals surface area contributed by atoms with Crippen LogP contribution in [0.15, 0.2) is 18.3 Å². The average molecular weight is 469 g/mol. The van der Waals surface area contributed by atoms with Crippen molar-refractivity contribution in [2.45, 2.75) is 39.4 Å². The van der Waals surface area contributed by atoms with Gasteiger partial charge in [-0.1, -0.05) is 11.6 Å². The lowest BCUT2D eigenvalue weighted by Crippen LogP contribution is -2.49. The number of carbonyl (C=O) groups is 2. The van der Waals surface area contributed by atoms with E-state index in [-0.39, 0.29) is 23.3 Å². The van der Waals surface area contributed by atoms with Crippen molar-refractivity contribution in [3.8, 4) is 16.3 Å². The fraction of sp³-hybridized carbons (Fsp3) is 0.476. The zero-order chi connectivity index (χ0) is 22.8. The highest BCUT2D eigenvalue weighted by Gasteiger charge is 2.29. The highest BCUT2D eigenvalue weighted by molar-refractivity contribution is 7.15. The molecule has 1 atom stereocenters. The molecular weight excluding hydrogens is 444 g/mol. The Morgan fingerprint density at radius 1 is 1.39 bits per heavy atom. The monoisotopic (exact) mass is 468 g/mol. The summed E-state index contributed by atoms with van der Waals surface area (Å²) in [6, 6.07) is 3.05. The first kappa shape index (κ1) is 23.3. The molecule has 3 rings (SSSR count). The summed E-state index contributed by atoms with van der Waals surface area (Å²) in [5.41, 5.74) is -0.153. The average Bonchev–Trinajstić information content (AvgIpc) is 3.12. The maximum atomic E-state index is 12.3. The minimum atomic E-state index is -1.16. The number of amides is 1. The molecule has 0 radical (unpaired) electrons. The number of aromatic nitrogens is 1. The third-order valence-corrected chi connectivity index (χ3v) is 5.71. The molecule has 0 aliphatic carbocycles. The lowest BCUT2D eigenvalue weighted by molar-refractivity contribution is -0.0557. The van der Waals surface area contributed by atoms with Crippen molar-refractivity contribution in [1.29, 1.82) is 0 Å². The van der Waals surface area contributed by atoms with Crippen molar-refractivity contribution >= 4 is 35.0 Å². The van der Waals surface area contributed by atoms with Crippen molar-refractivity contribution in [2.75, 3.05) is 26.3 Å². The third kappa shape index (κ3) is 6.09. The van der Waals surface area contributed by atoms with Gasteiger partial charge in [-0.15, -0.1) is 11.3 Å². The summed E-state index contributed by atoms with van der Waals surface area (Å²) in [6.45, 7) is 8.59. The number of morpholine rings is 1. The minimum absolute atomic E-state index is 0.0676. The third-order valence-electron chi connectivity index (χ3n) is 4.35. The zero-order valence-corrected chi connectivity index (χ0v) is 19.4. The van der Waals surface area contributed by atoms with Gasteiger partial charge in [0.05, 0.1) is 23.7 Å². The molecule has 1 aromatic heterocycles. The largest absolute Gasteiger partial charge is 0.491 e. The van der Waals surface area contributed by atoms with Gasteiger partial charge >= 0.3 is 12.1 Å². The Hall–Kier alpha value is -2.36. The smallest absolute Gasteiger partial charge is 0.410 e. The van der Waals surface area contributed by atoms with E-state index < -0.39 is 17.7 Å². The molecule has 1 amide bonds. The Balaban J connectivity index is 1.73. The maximum Gasteiger partial charge on any atom is 0.410 e. The molecule has 8 nitrogen and oxygen atoms in total. The van der Waals surface area contributed by atoms with Gasteiger partial charge < -0.3 is 24.2 Å². The number of ether oxygens (including phenoxy) is 3. The van der Waals surface area contributed by atoms with Crippen LogP contribution in [0.4, 0.5) is 4.79 Å². The van der Waals surface area contributed by atoms with Crippen LogP contribution in [-0.2, 0) is 9.47 Å². The van der Waals surface area contributed by atoms with Crippen LogP contribution in [0.1, 0.15) is 36.0 Å². The first-order valence-corrected chi connectivity index (χ1v) is 10.9. The Bertz CT molecular complexity index is 971. The first-order chi connectivity index (χ1) is 14.5. The van der Waals surface area contributed by atoms with Gasteiger partial charge in [-0.05, 0) is 39.8 Å². The van der Waals surface area contributed by atoms with E-state index in [4.69, 9.17) is 25.8 Å². The second-order valence-electron chi connectivity index (χ2n) is 8.14. The van der Waals surface area contributed by atoms with E-state index >= 15 is 0 Å². The van der Waals surface area contributed by atoms with Crippen molar-refractivity contribution < 1.29 is 28.9 Å². The van der Waals surface area contributed by atoms with E-state index in [0.717, 1.165) is 4.88 Å². The molecule has 168 valence electrons. The fourth-order valence-electron chi connectivity index (χ4n) is 2.97. The summed E-state index contributed by atoms with van der Waals surface area (Å²) in [5, 5.41) is 10.3. The van der Waals surface area contributed by atoms with Crippen LogP contribution >= 0.6 is 22.9 Å². The molecule has 10 heteroatoms. The van der Waals surface area contributed by atoms with Crippen molar-refractivity contribution in [3.63, 3.8) is 0 Å². The van der Waals surface area contributed by atoms with Gasteiger partial charge in [0.1, 0.15) is 29.1 Å². The molecular formula is C21H25ClN2O6S. The second-order valence-corrected chi connectivity index (χ2v) is 9.76. The summed E-state index contributed by atoms with van der Waals surface area (Å²) >= 11 is 7.73. The number of rotatable bonds is 5. The van der Waals surface area contributed by atoms with Crippen molar-refractivity contribution in [1.82, 2.24) is 9.88 Å². The van der Waals surface area contributed by atoms with E-state index in [1.807, 2.05) is 27.7 Å². The number of carboxylic acids is 1. The topological polar surface area (TPSA) is 98.2 Å². The first-order valence-electron chi connectivity index (χ1n) is 9.75. The highest BCUT2D eigenvalue weighted by atomic mass is 35.5. The SMILES string of the molecule is Cc1cnc(-c2cc(OCC3CN(C(=O)OC(C)(C)C)CCO3)cc(C(=O)O)c2Cl)s1. The number of benzene rings is 1. The van der Waals surface area contributed by atoms with Gasteiger partial charge in [-0.2, -0.15) is 0 Å². The summed E-state index contributed by atoms with van der Waals surface area (Å²) in [5.74, 6) is -0.822. The van der Waals surface area contributed by atoms with Crippen molar-refractivity contribution in [3.05, 3.63) is 33.8 Å². The molecule has 2 heterocycles. The predicted molar refractivity (Wildman–Crippen MR) is 117 cm³/mol. The number of thiazole rings is 1. The van der Waals surface area contributed by atoms with Gasteiger partial charge in [0.25, 0.3) is 0 Å². The molecule has 0 saturated carbocycles. The number of hydrogen-bond acceptors (Lipinski definition) is 7. The molecule has 1 saturated heterocycles. The van der Waals surface area contributed by atoms with E-state index in [1.54, 1.807) is 17.2 Å². The summed E-state index contributed by atoms with van der Waals surface area (Å²) < 4.78 is 17.0. The number of hydrogen-bond donors (Lipinski definition) is 1. The van der Waals surface area contributed by atoms with Crippen LogP contribution in [0.5, 0.6) is 5.75 Å². The molecule has 1 aromatic carbocycles. The van der Waals surface area contributed by atoms with E-state index in [9.17, 15) is 14.7 Å². The molecule has 1 fully saturated rings. The molecule has 1 unspecified atom stereocenters. The minimum Gasteiger partial charge on any atom is -0.491 e. The van der Waals surface area contributed by atoms with Gasteiger partial charge in [0, 0.05) is 23.2 Å². The van der Waals surface area contributed by atoms with E-state index in [1.165, 1.54) is 17.4 Å². The summed E-state index contributed by atoms with van der Waals surface area (Å²) in [7, 11) is 0. The van der Waals surface area contributed by atoms with Crippen LogP contribution < -0.4 is 4.74 Å². The van der Waals surface area contributed by atoms with E-state index in [0.29, 0.717) is 36.0 Å². The lowest BCUT2D eigenvalue weighted by atomic mass is 10.1. The quantitative estimate of drug-likeness (QED) is 0.690. The summed E-state index contributed by atoms with van der Waals surface area (Å²) in [6.07, 6.45) is 0.920. The molecule has 31 heavy (non-hydrogen) atoms. The molecule has 1 aliphatic heterocycles. The highest BCUT2D eigenvalue weighted by Crippen LogP contribution is 2.37. The number of carboxylic acid groups (broad SMARTS) is 1. The standard InChI is InChI=1S/C21H25ClN2O6S/c1-12-9-23-18(31-12)15-7-13(8-16(17(15)22)19(25)26)29-11-14-10-24(5-6-28-14)20(27)30-21(2,3)4/h7-9,14H,5-6,10-11H2,1-4H3,(H,25,26). The van der Waals surface area contributed by atoms with E-state index in [2.05, 4.69) is 4.98 Å². The van der Waals surface area contributed by atoms with Crippen LogP contribution in [0.25, 0.3) is 10.6 Å². The Labute approximate surface area is 189 Å². The number of nitrogens with zero attached hydrogens (tertiary/aromatic N) is 2. The number of aryl methyl sites for hydroxylation is 1.